The number of rotatable bonds is 4. The van der Waals surface area contributed by atoms with Crippen LogP contribution in [0.2, 0.25) is 0 Å². The summed E-state index contributed by atoms with van der Waals surface area (Å²) >= 11 is 1.11. The lowest BCUT2D eigenvalue weighted by molar-refractivity contribution is 0.102. The molecule has 0 radical (unpaired) electrons. The summed E-state index contributed by atoms with van der Waals surface area (Å²) in [7, 11) is 3.05. The number of carbonyl (C=O) groups excluding carboxylic acids is 1. The van der Waals surface area contributed by atoms with E-state index in [-0.39, 0.29) is 10.8 Å². The molecule has 100 valence electrons. The Bertz CT molecular complexity index is 602. The highest BCUT2D eigenvalue weighted by Crippen LogP contribution is 2.22. The lowest BCUT2D eigenvalue weighted by atomic mass is 10.3. The van der Waals surface area contributed by atoms with Crippen LogP contribution in [-0.4, -0.2) is 30.3 Å². The van der Waals surface area contributed by atoms with E-state index in [0.29, 0.717) is 10.8 Å². The zero-order chi connectivity index (χ0) is 13.8. The highest BCUT2D eigenvalue weighted by Gasteiger charge is 2.13. The van der Waals surface area contributed by atoms with E-state index in [9.17, 15) is 9.18 Å². The summed E-state index contributed by atoms with van der Waals surface area (Å²) < 4.78 is 18.2. The first kappa shape index (κ1) is 13.2. The molecule has 1 aromatic carbocycles. The van der Waals surface area contributed by atoms with Crippen LogP contribution in [-0.2, 0) is 0 Å². The number of hydrogen-bond acceptors (Lipinski definition) is 6. The van der Waals surface area contributed by atoms with Gasteiger partial charge in [-0.1, -0.05) is 11.3 Å². The maximum Gasteiger partial charge on any atom is 0.286 e. The van der Waals surface area contributed by atoms with E-state index in [1.807, 2.05) is 0 Å². The van der Waals surface area contributed by atoms with Crippen LogP contribution in [0, 0.1) is 5.82 Å². The molecule has 1 aromatic heterocycles. The molecule has 2 aromatic rings. The lowest BCUT2D eigenvalue weighted by Crippen LogP contribution is -2.11. The molecule has 1 heterocycles. The maximum absolute atomic E-state index is 13.5. The summed E-state index contributed by atoms with van der Waals surface area (Å²) in [5.74, 6) is -0.872. The van der Waals surface area contributed by atoms with Crippen molar-refractivity contribution in [1.82, 2.24) is 10.2 Å². The molecule has 19 heavy (non-hydrogen) atoms. The van der Waals surface area contributed by atoms with E-state index >= 15 is 0 Å². The second-order valence-electron chi connectivity index (χ2n) is 3.47. The number of benzene rings is 1. The van der Waals surface area contributed by atoms with Crippen LogP contribution in [0.15, 0.2) is 18.2 Å². The van der Waals surface area contributed by atoms with Crippen LogP contribution >= 0.6 is 11.3 Å². The molecule has 0 saturated carbocycles. The summed E-state index contributed by atoms with van der Waals surface area (Å²) in [5.41, 5.74) is 0.324. The number of nitrogens with zero attached hydrogens (tertiary/aromatic N) is 2. The maximum atomic E-state index is 13.5. The topological polar surface area (TPSA) is 76.1 Å². The Balaban J connectivity index is 2.12. The van der Waals surface area contributed by atoms with E-state index in [0.717, 1.165) is 11.3 Å². The van der Waals surface area contributed by atoms with Crippen LogP contribution < -0.4 is 15.4 Å². The highest BCUT2D eigenvalue weighted by atomic mass is 32.1. The van der Waals surface area contributed by atoms with Crippen molar-refractivity contribution in [3.63, 3.8) is 0 Å². The predicted octanol–water partition coefficient (Wildman–Crippen LogP) is 1.98. The molecular weight excluding hydrogens is 271 g/mol. The van der Waals surface area contributed by atoms with E-state index in [4.69, 9.17) is 4.74 Å². The Labute approximate surface area is 112 Å². The molecule has 8 heteroatoms. The van der Waals surface area contributed by atoms with Crippen molar-refractivity contribution in [2.75, 3.05) is 24.8 Å². The summed E-state index contributed by atoms with van der Waals surface area (Å²) in [6, 6.07) is 4.15. The molecule has 0 fully saturated rings. The van der Waals surface area contributed by atoms with E-state index < -0.39 is 11.7 Å². The van der Waals surface area contributed by atoms with Crippen LogP contribution in [0.5, 0.6) is 5.75 Å². The Morgan fingerprint density at radius 3 is 2.79 bits per heavy atom. The number of amides is 1. The number of carbonyl (C=O) groups is 1. The normalized spacial score (nSPS) is 10.1. The van der Waals surface area contributed by atoms with Gasteiger partial charge in [-0.3, -0.25) is 4.79 Å². The summed E-state index contributed by atoms with van der Waals surface area (Å²) in [4.78, 5) is 11.8. The molecule has 0 aliphatic rings. The molecule has 0 atom stereocenters. The minimum absolute atomic E-state index is 0.117. The average molecular weight is 282 g/mol. The van der Waals surface area contributed by atoms with Crippen LogP contribution in [0.1, 0.15) is 9.80 Å². The fraction of sp³-hybridized carbons (Fsp3) is 0.182. The zero-order valence-corrected chi connectivity index (χ0v) is 11.0. The third kappa shape index (κ3) is 2.97. The van der Waals surface area contributed by atoms with Crippen LogP contribution in [0.25, 0.3) is 0 Å². The van der Waals surface area contributed by atoms with Gasteiger partial charge in [0.1, 0.15) is 0 Å². The SMILES string of the molecule is CNc1nnc(C(=O)Nc2ccc(OC)c(F)c2)s1. The molecule has 0 unspecified atom stereocenters. The zero-order valence-electron chi connectivity index (χ0n) is 10.2. The van der Waals surface area contributed by atoms with Gasteiger partial charge in [0.15, 0.2) is 11.6 Å². The van der Waals surface area contributed by atoms with Gasteiger partial charge in [-0.25, -0.2) is 4.39 Å². The largest absolute Gasteiger partial charge is 0.494 e. The molecule has 2 N–H and O–H groups in total. The Morgan fingerprint density at radius 1 is 1.42 bits per heavy atom. The second-order valence-corrected chi connectivity index (χ2v) is 4.44. The van der Waals surface area contributed by atoms with Gasteiger partial charge in [-0.2, -0.15) is 0 Å². The van der Waals surface area contributed by atoms with Crippen molar-refractivity contribution >= 4 is 28.1 Å². The van der Waals surface area contributed by atoms with E-state index in [2.05, 4.69) is 20.8 Å². The molecule has 0 bridgehead atoms. The highest BCUT2D eigenvalue weighted by molar-refractivity contribution is 7.17. The molecule has 0 saturated heterocycles. The first-order chi connectivity index (χ1) is 9.13. The molecular formula is C11H11FN4O2S. The first-order valence-corrected chi connectivity index (χ1v) is 6.12. The van der Waals surface area contributed by atoms with Gasteiger partial charge in [-0.05, 0) is 12.1 Å². The van der Waals surface area contributed by atoms with Gasteiger partial charge in [0.05, 0.1) is 7.11 Å². The van der Waals surface area contributed by atoms with Crippen molar-refractivity contribution in [3.05, 3.63) is 29.0 Å². The third-order valence-electron chi connectivity index (χ3n) is 2.24. The van der Waals surface area contributed by atoms with Crippen molar-refractivity contribution in [2.45, 2.75) is 0 Å². The number of anilines is 2. The number of hydrogen-bond donors (Lipinski definition) is 2. The van der Waals surface area contributed by atoms with Crippen LogP contribution in [0.4, 0.5) is 15.2 Å². The minimum Gasteiger partial charge on any atom is -0.494 e. The summed E-state index contributed by atoms with van der Waals surface area (Å²) in [6.07, 6.45) is 0. The molecule has 6 nitrogen and oxygen atoms in total. The van der Waals surface area contributed by atoms with Crippen molar-refractivity contribution in [3.8, 4) is 5.75 Å². The Morgan fingerprint density at radius 2 is 2.21 bits per heavy atom. The van der Waals surface area contributed by atoms with Crippen molar-refractivity contribution in [1.29, 1.82) is 0 Å². The summed E-state index contributed by atoms with van der Waals surface area (Å²) in [6.45, 7) is 0. The smallest absolute Gasteiger partial charge is 0.286 e. The molecule has 0 aliphatic carbocycles. The van der Waals surface area contributed by atoms with Gasteiger partial charge in [-0.15, -0.1) is 10.2 Å². The monoisotopic (exact) mass is 282 g/mol. The van der Waals surface area contributed by atoms with Crippen LogP contribution in [0.3, 0.4) is 0 Å². The lowest BCUT2D eigenvalue weighted by Gasteiger charge is -2.05. The van der Waals surface area contributed by atoms with Gasteiger partial charge in [0.25, 0.3) is 5.91 Å². The average Bonchev–Trinajstić information content (AvgIpc) is 2.88. The standard InChI is InChI=1S/C11H11FN4O2S/c1-13-11-16-15-10(19-11)9(17)14-6-3-4-8(18-2)7(12)5-6/h3-5H,1-2H3,(H,13,16)(H,14,17). The fourth-order valence-corrected chi connectivity index (χ4v) is 1.94. The van der Waals surface area contributed by atoms with Crippen molar-refractivity contribution in [2.24, 2.45) is 0 Å². The Kier molecular flexibility index (Phi) is 3.91. The number of ether oxygens (including phenoxy) is 1. The van der Waals surface area contributed by atoms with Gasteiger partial charge >= 0.3 is 0 Å². The molecule has 1 amide bonds. The van der Waals surface area contributed by atoms with Gasteiger partial charge in [0.2, 0.25) is 10.1 Å². The number of methoxy groups -OCH3 is 1. The third-order valence-corrected chi connectivity index (χ3v) is 3.18. The van der Waals surface area contributed by atoms with Gasteiger partial charge < -0.3 is 15.4 Å². The van der Waals surface area contributed by atoms with Crippen molar-refractivity contribution < 1.29 is 13.9 Å². The number of halogens is 1. The van der Waals surface area contributed by atoms with E-state index in [1.165, 1.54) is 19.2 Å². The number of aromatic nitrogens is 2. The second kappa shape index (κ2) is 5.61. The fourth-order valence-electron chi connectivity index (χ4n) is 1.34. The summed E-state index contributed by atoms with van der Waals surface area (Å²) in [5, 5.41) is 13.5. The minimum atomic E-state index is -0.548. The predicted molar refractivity (Wildman–Crippen MR) is 70.4 cm³/mol. The van der Waals surface area contributed by atoms with E-state index in [1.54, 1.807) is 13.1 Å². The molecule has 0 aliphatic heterocycles. The number of nitrogens with one attached hydrogen (secondary N) is 2. The first-order valence-electron chi connectivity index (χ1n) is 5.30. The molecule has 0 spiro atoms. The van der Waals surface area contributed by atoms with Gasteiger partial charge in [0, 0.05) is 18.8 Å². The quantitative estimate of drug-likeness (QED) is 0.896. The molecule has 2 rings (SSSR count). The Hall–Kier alpha value is -2.22.